The van der Waals surface area contributed by atoms with Crippen molar-refractivity contribution in [3.05, 3.63) is 23.8 Å². The molecule has 3 N–H and O–H groups in total. The van der Waals surface area contributed by atoms with Crippen LogP contribution in [0.15, 0.2) is 23.2 Å². The molecule has 0 aliphatic carbocycles. The first-order valence-corrected chi connectivity index (χ1v) is 8.75. The van der Waals surface area contributed by atoms with Crippen molar-refractivity contribution in [1.82, 2.24) is 10.6 Å². The van der Waals surface area contributed by atoms with Crippen LogP contribution in [0.4, 0.5) is 0 Å². The van der Waals surface area contributed by atoms with Gasteiger partial charge in [-0.05, 0) is 50.3 Å². The van der Waals surface area contributed by atoms with E-state index in [-0.39, 0.29) is 29.7 Å². The quantitative estimate of drug-likeness (QED) is 0.345. The maximum Gasteiger partial charge on any atom is 0.191 e. The van der Waals surface area contributed by atoms with Crippen molar-refractivity contribution >= 4 is 29.9 Å². The summed E-state index contributed by atoms with van der Waals surface area (Å²) >= 11 is 0. The van der Waals surface area contributed by atoms with E-state index in [9.17, 15) is 5.11 Å². The molecule has 3 rings (SSSR count). The third-order valence-electron chi connectivity index (χ3n) is 4.69. The Balaban J connectivity index is 0.00000225. The van der Waals surface area contributed by atoms with Gasteiger partial charge in [-0.25, -0.2) is 0 Å². The summed E-state index contributed by atoms with van der Waals surface area (Å²) in [6, 6.07) is 5.79. The number of rotatable bonds is 6. The molecular formula is C18H28IN3O3. The van der Waals surface area contributed by atoms with Crippen molar-refractivity contribution in [2.75, 3.05) is 20.2 Å². The Morgan fingerprint density at radius 3 is 2.88 bits per heavy atom. The molecule has 2 aliphatic heterocycles. The highest BCUT2D eigenvalue weighted by Crippen LogP contribution is 2.34. The molecule has 25 heavy (non-hydrogen) atoms. The first kappa shape index (κ1) is 20.1. The lowest BCUT2D eigenvalue weighted by Gasteiger charge is -2.22. The Morgan fingerprint density at radius 2 is 2.24 bits per heavy atom. The number of halogens is 1. The van der Waals surface area contributed by atoms with Gasteiger partial charge in [-0.1, -0.05) is 6.07 Å². The largest absolute Gasteiger partial charge is 0.504 e. The summed E-state index contributed by atoms with van der Waals surface area (Å²) in [6.07, 6.45) is 4.97. The van der Waals surface area contributed by atoms with Crippen LogP contribution >= 0.6 is 24.0 Å². The number of aliphatic imine (C=N–C) groups is 1. The van der Waals surface area contributed by atoms with Gasteiger partial charge in [0.2, 0.25) is 0 Å². The lowest BCUT2D eigenvalue weighted by Crippen LogP contribution is -2.47. The van der Waals surface area contributed by atoms with Crippen molar-refractivity contribution in [3.63, 3.8) is 0 Å². The zero-order valence-corrected chi connectivity index (χ0v) is 17.2. The van der Waals surface area contributed by atoms with E-state index in [1.807, 2.05) is 12.1 Å². The van der Waals surface area contributed by atoms with E-state index >= 15 is 0 Å². The molecule has 6 nitrogen and oxygen atoms in total. The molecule has 0 aromatic heterocycles. The van der Waals surface area contributed by atoms with Crippen molar-refractivity contribution in [1.29, 1.82) is 0 Å². The standard InChI is InChI=1S/C18H27N3O3.HI/c1-3-19-18(21-14-11-13-5-7-16(14)24-13)20-9-8-12-4-6-15(22)17(10-12)23-2;/h4,6,10,13-14,16,22H,3,5,7-9,11H2,1-2H3,(H2,19,20,21);1H. The average molecular weight is 461 g/mol. The lowest BCUT2D eigenvalue weighted by atomic mass is 9.96. The first-order valence-electron chi connectivity index (χ1n) is 8.75. The van der Waals surface area contributed by atoms with E-state index in [1.54, 1.807) is 13.2 Å². The van der Waals surface area contributed by atoms with Crippen LogP contribution in [0.5, 0.6) is 11.5 Å². The van der Waals surface area contributed by atoms with Crippen LogP contribution < -0.4 is 15.4 Å². The SMILES string of the molecule is CCNC(=NCCc1ccc(O)c(OC)c1)NC1CC2CCC1O2.I. The van der Waals surface area contributed by atoms with Crippen molar-refractivity contribution in [2.24, 2.45) is 4.99 Å². The van der Waals surface area contributed by atoms with Crippen LogP contribution in [0, 0.1) is 0 Å². The summed E-state index contributed by atoms with van der Waals surface area (Å²) in [4.78, 5) is 4.67. The molecule has 140 valence electrons. The number of phenolic OH excluding ortho intramolecular Hbond substituents is 1. The van der Waals surface area contributed by atoms with Gasteiger partial charge in [-0.2, -0.15) is 0 Å². The molecule has 3 unspecified atom stereocenters. The molecule has 1 aromatic rings. The zero-order chi connectivity index (χ0) is 16.9. The third-order valence-corrected chi connectivity index (χ3v) is 4.69. The van der Waals surface area contributed by atoms with Crippen LogP contribution in [0.25, 0.3) is 0 Å². The Morgan fingerprint density at radius 1 is 1.40 bits per heavy atom. The van der Waals surface area contributed by atoms with Crippen LogP contribution in [0.3, 0.4) is 0 Å². The van der Waals surface area contributed by atoms with Gasteiger partial charge in [0.25, 0.3) is 0 Å². The fourth-order valence-electron chi connectivity index (χ4n) is 3.46. The van der Waals surface area contributed by atoms with Crippen LogP contribution in [0.2, 0.25) is 0 Å². The second kappa shape index (κ2) is 9.47. The molecule has 3 atom stereocenters. The number of ether oxygens (including phenoxy) is 2. The van der Waals surface area contributed by atoms with E-state index in [0.29, 0.717) is 30.5 Å². The summed E-state index contributed by atoms with van der Waals surface area (Å²) < 4.78 is 11.0. The normalized spacial score (nSPS) is 24.7. The highest BCUT2D eigenvalue weighted by molar-refractivity contribution is 14.0. The minimum absolute atomic E-state index is 0. The molecule has 2 heterocycles. The minimum atomic E-state index is 0. The molecule has 2 bridgehead atoms. The number of hydrogen-bond donors (Lipinski definition) is 3. The Kier molecular flexibility index (Phi) is 7.61. The molecular weight excluding hydrogens is 433 g/mol. The molecule has 2 saturated heterocycles. The lowest BCUT2D eigenvalue weighted by molar-refractivity contribution is 0.0992. The molecule has 2 aliphatic rings. The number of fused-ring (bicyclic) bond motifs is 2. The topological polar surface area (TPSA) is 75.1 Å². The number of benzene rings is 1. The summed E-state index contributed by atoms with van der Waals surface area (Å²) in [6.45, 7) is 3.57. The van der Waals surface area contributed by atoms with Crippen LogP contribution in [-0.2, 0) is 11.2 Å². The number of aromatic hydroxyl groups is 1. The highest BCUT2D eigenvalue weighted by Gasteiger charge is 2.41. The van der Waals surface area contributed by atoms with Gasteiger partial charge >= 0.3 is 0 Å². The fraction of sp³-hybridized carbons (Fsp3) is 0.611. The molecule has 0 amide bonds. The van der Waals surface area contributed by atoms with Crippen molar-refractivity contribution in [3.8, 4) is 11.5 Å². The molecule has 0 radical (unpaired) electrons. The second-order valence-corrected chi connectivity index (χ2v) is 6.38. The summed E-state index contributed by atoms with van der Waals surface area (Å²) in [5.41, 5.74) is 1.09. The van der Waals surface area contributed by atoms with Gasteiger partial charge < -0.3 is 25.2 Å². The maximum atomic E-state index is 9.65. The van der Waals surface area contributed by atoms with E-state index < -0.39 is 0 Å². The summed E-state index contributed by atoms with van der Waals surface area (Å²) in [5.74, 6) is 1.51. The highest BCUT2D eigenvalue weighted by atomic mass is 127. The number of guanidine groups is 1. The van der Waals surface area contributed by atoms with Crippen molar-refractivity contribution < 1.29 is 14.6 Å². The molecule has 0 spiro atoms. The van der Waals surface area contributed by atoms with Gasteiger partial charge in [0.05, 0.1) is 25.4 Å². The van der Waals surface area contributed by atoms with Gasteiger partial charge in [0, 0.05) is 13.1 Å². The van der Waals surface area contributed by atoms with E-state index in [0.717, 1.165) is 37.3 Å². The minimum Gasteiger partial charge on any atom is -0.504 e. The monoisotopic (exact) mass is 461 g/mol. The van der Waals surface area contributed by atoms with Crippen LogP contribution in [0.1, 0.15) is 31.7 Å². The smallest absolute Gasteiger partial charge is 0.191 e. The molecule has 0 saturated carbocycles. The zero-order valence-electron chi connectivity index (χ0n) is 14.8. The Bertz CT molecular complexity index is 597. The van der Waals surface area contributed by atoms with Crippen molar-refractivity contribution in [2.45, 2.75) is 50.9 Å². The molecule has 7 heteroatoms. The number of nitrogens with zero attached hydrogens (tertiary/aromatic N) is 1. The Hall–Kier alpha value is -1.22. The van der Waals surface area contributed by atoms with Gasteiger partial charge in [0.15, 0.2) is 17.5 Å². The second-order valence-electron chi connectivity index (χ2n) is 6.38. The number of nitrogens with one attached hydrogen (secondary N) is 2. The van der Waals surface area contributed by atoms with E-state index in [2.05, 4.69) is 22.5 Å². The maximum absolute atomic E-state index is 9.65. The predicted octanol–water partition coefficient (Wildman–Crippen LogP) is 2.44. The first-order chi connectivity index (χ1) is 11.7. The van der Waals surface area contributed by atoms with E-state index in [1.165, 1.54) is 6.42 Å². The summed E-state index contributed by atoms with van der Waals surface area (Å²) in [5, 5.41) is 16.5. The summed E-state index contributed by atoms with van der Waals surface area (Å²) in [7, 11) is 1.56. The molecule has 1 aromatic carbocycles. The number of hydrogen-bond acceptors (Lipinski definition) is 4. The predicted molar refractivity (Wildman–Crippen MR) is 109 cm³/mol. The average Bonchev–Trinajstić information content (AvgIpc) is 3.19. The van der Waals surface area contributed by atoms with Gasteiger partial charge in [0.1, 0.15) is 0 Å². The van der Waals surface area contributed by atoms with E-state index in [4.69, 9.17) is 9.47 Å². The Labute approximate surface area is 166 Å². The fourth-order valence-corrected chi connectivity index (χ4v) is 3.46. The van der Waals surface area contributed by atoms with Gasteiger partial charge in [-0.3, -0.25) is 4.99 Å². The van der Waals surface area contributed by atoms with Gasteiger partial charge in [-0.15, -0.1) is 24.0 Å². The number of phenols is 1. The third kappa shape index (κ3) is 5.13. The van der Waals surface area contributed by atoms with Crippen LogP contribution in [-0.4, -0.2) is 49.5 Å². The number of methoxy groups -OCH3 is 1. The molecule has 2 fully saturated rings.